The number of anilines is 1. The third-order valence-corrected chi connectivity index (χ3v) is 5.14. The van der Waals surface area contributed by atoms with E-state index in [0.717, 1.165) is 27.8 Å². The lowest BCUT2D eigenvalue weighted by Crippen LogP contribution is -2.29. The highest BCUT2D eigenvalue weighted by Crippen LogP contribution is 2.38. The first-order valence-electron chi connectivity index (χ1n) is 9.64. The van der Waals surface area contributed by atoms with Gasteiger partial charge in [0.15, 0.2) is 0 Å². The zero-order valence-corrected chi connectivity index (χ0v) is 18.3. The Morgan fingerprint density at radius 3 is 2.66 bits per heavy atom. The van der Waals surface area contributed by atoms with Crippen LogP contribution in [0.15, 0.2) is 40.9 Å². The maximum Gasteiger partial charge on any atom is 0.226 e. The van der Waals surface area contributed by atoms with E-state index in [1.165, 1.54) is 6.92 Å². The number of nitrogens with one attached hydrogen (secondary N) is 2. The molecule has 2 N–H and O–H groups in total. The number of carbonyl (C=O) groups is 2. The van der Waals surface area contributed by atoms with Crippen molar-refractivity contribution in [3.05, 3.63) is 52.0 Å². The molecule has 0 aromatic heterocycles. The highest BCUT2D eigenvalue weighted by Gasteiger charge is 2.24. The summed E-state index contributed by atoms with van der Waals surface area (Å²) in [5.41, 5.74) is 2.50. The van der Waals surface area contributed by atoms with Crippen molar-refractivity contribution in [3.63, 3.8) is 0 Å². The van der Waals surface area contributed by atoms with Gasteiger partial charge < -0.3 is 20.1 Å². The van der Waals surface area contributed by atoms with Gasteiger partial charge >= 0.3 is 0 Å². The molecule has 2 atom stereocenters. The van der Waals surface area contributed by atoms with Crippen LogP contribution in [0.25, 0.3) is 0 Å². The van der Waals surface area contributed by atoms with Crippen LogP contribution >= 0.6 is 15.9 Å². The Kier molecular flexibility index (Phi) is 6.79. The molecular weight excluding hydrogens is 436 g/mol. The molecule has 0 fully saturated rings. The normalized spacial score (nSPS) is 15.8. The van der Waals surface area contributed by atoms with Crippen LogP contribution in [0.4, 0.5) is 5.69 Å². The van der Waals surface area contributed by atoms with E-state index in [2.05, 4.69) is 26.6 Å². The molecular formula is C22H25BrN2O4. The van der Waals surface area contributed by atoms with E-state index in [1.54, 1.807) is 0 Å². The standard InChI is InChI=1S/C22H25BrN2O4/c1-4-28-21-10-16-9-13(2)29-20(16)11-19(21)25-22(27)12-18(24-14(3)26)15-5-7-17(23)8-6-15/h5-8,10-11,13,18H,4,9,12H2,1-3H3,(H,24,26)(H,25,27). The van der Waals surface area contributed by atoms with E-state index in [1.807, 2.05) is 50.2 Å². The van der Waals surface area contributed by atoms with Crippen LogP contribution in [0.5, 0.6) is 11.5 Å². The fraction of sp³-hybridized carbons (Fsp3) is 0.364. The SMILES string of the molecule is CCOc1cc2c(cc1NC(=O)CC(NC(C)=O)c1ccc(Br)cc1)OC(C)C2. The quantitative estimate of drug-likeness (QED) is 0.642. The van der Waals surface area contributed by atoms with E-state index < -0.39 is 6.04 Å². The number of benzene rings is 2. The molecule has 7 heteroatoms. The minimum atomic E-state index is -0.429. The number of amides is 2. The smallest absolute Gasteiger partial charge is 0.226 e. The van der Waals surface area contributed by atoms with Crippen LogP contribution in [0.1, 0.15) is 44.4 Å². The summed E-state index contributed by atoms with van der Waals surface area (Å²) in [5, 5.41) is 5.77. The van der Waals surface area contributed by atoms with Gasteiger partial charge in [0.1, 0.15) is 17.6 Å². The van der Waals surface area contributed by atoms with E-state index in [9.17, 15) is 9.59 Å². The largest absolute Gasteiger partial charge is 0.492 e. The molecule has 0 bridgehead atoms. The second-order valence-corrected chi connectivity index (χ2v) is 7.99. The summed E-state index contributed by atoms with van der Waals surface area (Å²) < 4.78 is 12.5. The maximum atomic E-state index is 12.8. The van der Waals surface area contributed by atoms with Gasteiger partial charge in [0.25, 0.3) is 0 Å². The Hall–Kier alpha value is -2.54. The van der Waals surface area contributed by atoms with E-state index >= 15 is 0 Å². The van der Waals surface area contributed by atoms with Crippen molar-refractivity contribution in [1.29, 1.82) is 0 Å². The van der Waals surface area contributed by atoms with Crippen molar-refractivity contribution in [3.8, 4) is 11.5 Å². The summed E-state index contributed by atoms with van der Waals surface area (Å²) in [6, 6.07) is 10.8. The zero-order chi connectivity index (χ0) is 21.0. The number of rotatable bonds is 7. The van der Waals surface area contributed by atoms with Gasteiger partial charge in [-0.05, 0) is 37.6 Å². The molecule has 2 aromatic rings. The number of hydrogen-bond donors (Lipinski definition) is 2. The summed E-state index contributed by atoms with van der Waals surface area (Å²) in [4.78, 5) is 24.4. The highest BCUT2D eigenvalue weighted by molar-refractivity contribution is 9.10. The Balaban J connectivity index is 1.78. The average Bonchev–Trinajstić information content (AvgIpc) is 3.00. The van der Waals surface area contributed by atoms with Crippen LogP contribution in [0.2, 0.25) is 0 Å². The first-order chi connectivity index (χ1) is 13.9. The summed E-state index contributed by atoms with van der Waals surface area (Å²) >= 11 is 3.40. The number of ether oxygens (including phenoxy) is 2. The van der Waals surface area contributed by atoms with Crippen LogP contribution < -0.4 is 20.1 Å². The molecule has 1 heterocycles. The summed E-state index contributed by atoms with van der Waals surface area (Å²) in [6.45, 7) is 5.84. The molecule has 3 rings (SSSR count). The highest BCUT2D eigenvalue weighted by atomic mass is 79.9. The number of carbonyl (C=O) groups excluding carboxylic acids is 2. The van der Waals surface area contributed by atoms with Gasteiger partial charge in [0, 0.05) is 29.4 Å². The summed E-state index contributed by atoms with van der Waals surface area (Å²) in [7, 11) is 0. The first-order valence-corrected chi connectivity index (χ1v) is 10.4. The monoisotopic (exact) mass is 460 g/mol. The van der Waals surface area contributed by atoms with Crippen molar-refractivity contribution in [2.24, 2.45) is 0 Å². The molecule has 29 heavy (non-hydrogen) atoms. The second kappa shape index (κ2) is 9.31. The minimum Gasteiger partial charge on any atom is -0.492 e. The maximum absolute atomic E-state index is 12.8. The van der Waals surface area contributed by atoms with Crippen molar-refractivity contribution < 1.29 is 19.1 Å². The van der Waals surface area contributed by atoms with Gasteiger partial charge in [0.2, 0.25) is 11.8 Å². The van der Waals surface area contributed by atoms with Crippen LogP contribution in [0.3, 0.4) is 0 Å². The summed E-state index contributed by atoms with van der Waals surface area (Å²) in [5.74, 6) is 0.971. The second-order valence-electron chi connectivity index (χ2n) is 7.08. The van der Waals surface area contributed by atoms with E-state index in [-0.39, 0.29) is 24.3 Å². The van der Waals surface area contributed by atoms with Gasteiger partial charge in [0.05, 0.1) is 24.8 Å². The molecule has 0 spiro atoms. The first kappa shape index (κ1) is 21.2. The predicted octanol–water partition coefficient (Wildman–Crippen LogP) is 4.38. The fourth-order valence-corrected chi connectivity index (χ4v) is 3.66. The molecule has 0 saturated heterocycles. The van der Waals surface area contributed by atoms with Crippen molar-refractivity contribution >= 4 is 33.4 Å². The number of halogens is 1. The Bertz CT molecular complexity index is 898. The molecule has 2 aromatic carbocycles. The zero-order valence-electron chi connectivity index (χ0n) is 16.8. The number of hydrogen-bond acceptors (Lipinski definition) is 4. The molecule has 0 aliphatic carbocycles. The third-order valence-electron chi connectivity index (χ3n) is 4.61. The molecule has 1 aliphatic heterocycles. The predicted molar refractivity (Wildman–Crippen MR) is 115 cm³/mol. The Morgan fingerprint density at radius 2 is 2.00 bits per heavy atom. The van der Waals surface area contributed by atoms with Gasteiger partial charge in [-0.25, -0.2) is 0 Å². The molecule has 2 unspecified atom stereocenters. The lowest BCUT2D eigenvalue weighted by Gasteiger charge is -2.19. The van der Waals surface area contributed by atoms with Crippen LogP contribution in [-0.4, -0.2) is 24.5 Å². The van der Waals surface area contributed by atoms with Gasteiger partial charge in [-0.1, -0.05) is 28.1 Å². The van der Waals surface area contributed by atoms with Crippen LogP contribution in [-0.2, 0) is 16.0 Å². The van der Waals surface area contributed by atoms with E-state index in [0.29, 0.717) is 18.0 Å². The van der Waals surface area contributed by atoms with Crippen molar-refractivity contribution in [2.75, 3.05) is 11.9 Å². The Morgan fingerprint density at radius 1 is 1.28 bits per heavy atom. The molecule has 0 saturated carbocycles. The number of fused-ring (bicyclic) bond motifs is 1. The topological polar surface area (TPSA) is 76.7 Å². The molecule has 154 valence electrons. The summed E-state index contributed by atoms with van der Waals surface area (Å²) in [6.07, 6.45) is 1.02. The van der Waals surface area contributed by atoms with Gasteiger partial charge in [-0.2, -0.15) is 0 Å². The molecule has 6 nitrogen and oxygen atoms in total. The lowest BCUT2D eigenvalue weighted by molar-refractivity contribution is -0.120. The Labute approximate surface area is 179 Å². The lowest BCUT2D eigenvalue weighted by atomic mass is 10.0. The molecule has 1 aliphatic rings. The fourth-order valence-electron chi connectivity index (χ4n) is 3.39. The molecule has 2 amide bonds. The third kappa shape index (κ3) is 5.50. The van der Waals surface area contributed by atoms with E-state index in [4.69, 9.17) is 9.47 Å². The van der Waals surface area contributed by atoms with Crippen molar-refractivity contribution in [1.82, 2.24) is 5.32 Å². The average molecular weight is 461 g/mol. The van der Waals surface area contributed by atoms with Crippen LogP contribution in [0, 0.1) is 0 Å². The minimum absolute atomic E-state index is 0.0983. The van der Waals surface area contributed by atoms with Gasteiger partial charge in [-0.3, -0.25) is 9.59 Å². The molecule has 0 radical (unpaired) electrons. The van der Waals surface area contributed by atoms with Gasteiger partial charge in [-0.15, -0.1) is 0 Å². The van der Waals surface area contributed by atoms with Crippen molar-refractivity contribution in [2.45, 2.75) is 45.8 Å².